The fraction of sp³-hybridized carbons (Fsp3) is 0.333. The first-order chi connectivity index (χ1) is 17.3. The van der Waals surface area contributed by atoms with Crippen LogP contribution in [0.3, 0.4) is 0 Å². The molecule has 1 N–H and O–H groups in total. The fourth-order valence-electron chi connectivity index (χ4n) is 3.97. The second-order valence-electron chi connectivity index (χ2n) is 9.23. The van der Waals surface area contributed by atoms with Gasteiger partial charge in [-0.25, -0.2) is 4.39 Å². The van der Waals surface area contributed by atoms with Crippen molar-refractivity contribution in [1.82, 2.24) is 10.2 Å². The SMILES string of the molecule is CC[C@H](C)NC(=O)[C@@H](Cc1ccccc1)N(Cc1ccc(F)cc1)C(=O)COc1ccc(C)cc1C. The van der Waals surface area contributed by atoms with Gasteiger partial charge in [0.1, 0.15) is 17.6 Å². The maximum Gasteiger partial charge on any atom is 0.261 e. The minimum absolute atomic E-state index is 0.0370. The van der Waals surface area contributed by atoms with Gasteiger partial charge in [-0.1, -0.05) is 67.1 Å². The lowest BCUT2D eigenvalue weighted by molar-refractivity contribution is -0.143. The Hall–Kier alpha value is -3.67. The highest BCUT2D eigenvalue weighted by Gasteiger charge is 2.31. The fourth-order valence-corrected chi connectivity index (χ4v) is 3.97. The Labute approximate surface area is 213 Å². The van der Waals surface area contributed by atoms with Crippen LogP contribution in [0, 0.1) is 19.7 Å². The van der Waals surface area contributed by atoms with E-state index in [2.05, 4.69) is 5.32 Å². The molecule has 0 heterocycles. The lowest BCUT2D eigenvalue weighted by Gasteiger charge is -2.32. The summed E-state index contributed by atoms with van der Waals surface area (Å²) in [6.07, 6.45) is 1.12. The predicted molar refractivity (Wildman–Crippen MR) is 140 cm³/mol. The van der Waals surface area contributed by atoms with E-state index in [1.54, 1.807) is 17.0 Å². The van der Waals surface area contributed by atoms with Gasteiger partial charge in [0.25, 0.3) is 5.91 Å². The van der Waals surface area contributed by atoms with Crippen LogP contribution in [-0.2, 0) is 22.6 Å². The molecular weight excluding hydrogens is 455 g/mol. The zero-order valence-corrected chi connectivity index (χ0v) is 21.5. The van der Waals surface area contributed by atoms with Gasteiger partial charge in [0.15, 0.2) is 6.61 Å². The van der Waals surface area contributed by atoms with Crippen molar-refractivity contribution in [1.29, 1.82) is 0 Å². The summed E-state index contributed by atoms with van der Waals surface area (Å²) in [6, 6.07) is 20.6. The average molecular weight is 491 g/mol. The standard InChI is InChI=1S/C30H35FN2O3/c1-5-23(4)32-30(35)27(18-24-9-7-6-8-10-24)33(19-25-12-14-26(31)15-13-25)29(34)20-36-28-16-11-21(2)17-22(28)3/h6-17,23,27H,5,18-20H2,1-4H3,(H,32,35)/t23-,27+/m0/s1. The smallest absolute Gasteiger partial charge is 0.261 e. The number of rotatable bonds is 11. The van der Waals surface area contributed by atoms with Gasteiger partial charge in [0, 0.05) is 19.0 Å². The Balaban J connectivity index is 1.91. The van der Waals surface area contributed by atoms with E-state index < -0.39 is 6.04 Å². The maximum atomic E-state index is 13.6. The summed E-state index contributed by atoms with van der Waals surface area (Å²) < 4.78 is 19.4. The summed E-state index contributed by atoms with van der Waals surface area (Å²) >= 11 is 0. The molecular formula is C30H35FN2O3. The van der Waals surface area contributed by atoms with E-state index in [1.165, 1.54) is 12.1 Å². The van der Waals surface area contributed by atoms with Crippen LogP contribution in [0.25, 0.3) is 0 Å². The third-order valence-electron chi connectivity index (χ3n) is 6.22. The first-order valence-electron chi connectivity index (χ1n) is 12.3. The molecule has 0 aliphatic carbocycles. The lowest BCUT2D eigenvalue weighted by Crippen LogP contribution is -2.53. The Morgan fingerprint density at radius 1 is 0.972 bits per heavy atom. The third-order valence-corrected chi connectivity index (χ3v) is 6.22. The van der Waals surface area contributed by atoms with Crippen molar-refractivity contribution < 1.29 is 18.7 Å². The van der Waals surface area contributed by atoms with E-state index in [0.717, 1.165) is 28.7 Å². The van der Waals surface area contributed by atoms with E-state index in [4.69, 9.17) is 4.74 Å². The molecule has 0 unspecified atom stereocenters. The van der Waals surface area contributed by atoms with Crippen LogP contribution in [0.15, 0.2) is 72.8 Å². The number of aryl methyl sites for hydroxylation is 2. The highest BCUT2D eigenvalue weighted by Crippen LogP contribution is 2.20. The second kappa shape index (κ2) is 12.9. The summed E-state index contributed by atoms with van der Waals surface area (Å²) in [5, 5.41) is 3.04. The van der Waals surface area contributed by atoms with Crippen LogP contribution in [0.4, 0.5) is 4.39 Å². The van der Waals surface area contributed by atoms with Crippen LogP contribution in [-0.4, -0.2) is 35.4 Å². The van der Waals surface area contributed by atoms with Crippen molar-refractivity contribution in [3.63, 3.8) is 0 Å². The van der Waals surface area contributed by atoms with Gasteiger partial charge in [0.2, 0.25) is 5.91 Å². The second-order valence-corrected chi connectivity index (χ2v) is 9.23. The Bertz CT molecular complexity index is 1150. The maximum absolute atomic E-state index is 13.6. The van der Waals surface area contributed by atoms with Gasteiger partial charge in [0.05, 0.1) is 0 Å². The van der Waals surface area contributed by atoms with E-state index in [9.17, 15) is 14.0 Å². The predicted octanol–water partition coefficient (Wildman–Crippen LogP) is 5.38. The van der Waals surface area contributed by atoms with Gasteiger partial charge in [-0.3, -0.25) is 9.59 Å². The van der Waals surface area contributed by atoms with E-state index in [-0.39, 0.29) is 36.8 Å². The first kappa shape index (κ1) is 26.9. The average Bonchev–Trinajstić information content (AvgIpc) is 2.87. The highest BCUT2D eigenvalue weighted by molar-refractivity contribution is 5.88. The number of ether oxygens (including phenoxy) is 1. The molecule has 2 atom stereocenters. The van der Waals surface area contributed by atoms with Gasteiger partial charge in [-0.2, -0.15) is 0 Å². The molecule has 0 bridgehead atoms. The topological polar surface area (TPSA) is 58.6 Å². The zero-order chi connectivity index (χ0) is 26.1. The molecule has 0 fully saturated rings. The summed E-state index contributed by atoms with van der Waals surface area (Å²) in [5.41, 5.74) is 3.71. The van der Waals surface area contributed by atoms with Crippen molar-refractivity contribution in [2.75, 3.05) is 6.61 Å². The largest absolute Gasteiger partial charge is 0.483 e. The molecule has 0 aromatic heterocycles. The normalized spacial score (nSPS) is 12.5. The quantitative estimate of drug-likeness (QED) is 0.393. The van der Waals surface area contributed by atoms with E-state index in [0.29, 0.717) is 12.2 Å². The molecule has 5 nitrogen and oxygen atoms in total. The van der Waals surface area contributed by atoms with Crippen LogP contribution >= 0.6 is 0 Å². The summed E-state index contributed by atoms with van der Waals surface area (Å²) in [5.74, 6) is -0.279. The summed E-state index contributed by atoms with van der Waals surface area (Å²) in [6.45, 7) is 7.80. The number of benzene rings is 3. The molecule has 0 saturated heterocycles. The van der Waals surface area contributed by atoms with Gasteiger partial charge < -0.3 is 15.0 Å². The molecule has 2 amide bonds. The van der Waals surface area contributed by atoms with Crippen LogP contribution in [0.5, 0.6) is 5.75 Å². The molecule has 0 aliphatic heterocycles. The minimum atomic E-state index is -0.762. The molecule has 0 spiro atoms. The van der Waals surface area contributed by atoms with E-state index >= 15 is 0 Å². The van der Waals surface area contributed by atoms with Crippen LogP contribution in [0.2, 0.25) is 0 Å². The number of nitrogens with zero attached hydrogens (tertiary/aromatic N) is 1. The van der Waals surface area contributed by atoms with Gasteiger partial charge >= 0.3 is 0 Å². The molecule has 3 aromatic rings. The third kappa shape index (κ3) is 7.67. The number of amides is 2. The van der Waals surface area contributed by atoms with Crippen molar-refractivity contribution in [3.8, 4) is 5.75 Å². The molecule has 6 heteroatoms. The van der Waals surface area contributed by atoms with E-state index in [1.807, 2.05) is 76.2 Å². The number of halogens is 1. The lowest BCUT2D eigenvalue weighted by atomic mass is 10.0. The van der Waals surface area contributed by atoms with Crippen molar-refractivity contribution in [2.24, 2.45) is 0 Å². The number of hydrogen-bond acceptors (Lipinski definition) is 3. The number of nitrogens with one attached hydrogen (secondary N) is 1. The van der Waals surface area contributed by atoms with Crippen LogP contribution < -0.4 is 10.1 Å². The minimum Gasteiger partial charge on any atom is -0.483 e. The summed E-state index contributed by atoms with van der Waals surface area (Å²) in [7, 11) is 0. The Kier molecular flexibility index (Phi) is 9.62. The molecule has 36 heavy (non-hydrogen) atoms. The molecule has 0 aliphatic rings. The van der Waals surface area contributed by atoms with Gasteiger partial charge in [-0.05, 0) is 62.1 Å². The number of hydrogen-bond donors (Lipinski definition) is 1. The molecule has 3 aromatic carbocycles. The van der Waals surface area contributed by atoms with Crippen molar-refractivity contribution in [2.45, 2.75) is 59.2 Å². The highest BCUT2D eigenvalue weighted by atomic mass is 19.1. The van der Waals surface area contributed by atoms with Crippen molar-refractivity contribution >= 4 is 11.8 Å². The Morgan fingerprint density at radius 3 is 2.31 bits per heavy atom. The number of carbonyl (C=O) groups is 2. The molecule has 3 rings (SSSR count). The Morgan fingerprint density at radius 2 is 1.67 bits per heavy atom. The molecule has 0 saturated carbocycles. The van der Waals surface area contributed by atoms with Crippen LogP contribution in [0.1, 0.15) is 42.5 Å². The number of carbonyl (C=O) groups excluding carboxylic acids is 2. The molecule has 190 valence electrons. The van der Waals surface area contributed by atoms with Gasteiger partial charge in [-0.15, -0.1) is 0 Å². The monoisotopic (exact) mass is 490 g/mol. The summed E-state index contributed by atoms with van der Waals surface area (Å²) in [4.78, 5) is 28.6. The molecule has 0 radical (unpaired) electrons. The zero-order valence-electron chi connectivity index (χ0n) is 21.5. The first-order valence-corrected chi connectivity index (χ1v) is 12.3. The van der Waals surface area contributed by atoms with Crippen molar-refractivity contribution in [3.05, 3.63) is 101 Å².